The number of ether oxygens (including phenoxy) is 1. The van der Waals surface area contributed by atoms with E-state index in [-0.39, 0.29) is 0 Å². The maximum absolute atomic E-state index is 5.62. The zero-order chi connectivity index (χ0) is 13.9. The summed E-state index contributed by atoms with van der Waals surface area (Å²) in [6, 6.07) is 16.7. The molecular weight excluding hydrogens is 248 g/mol. The lowest BCUT2D eigenvalue weighted by molar-refractivity contribution is 0.420. The van der Waals surface area contributed by atoms with Crippen molar-refractivity contribution < 1.29 is 4.74 Å². The van der Waals surface area contributed by atoms with Crippen molar-refractivity contribution in [1.82, 2.24) is 4.57 Å². The van der Waals surface area contributed by atoms with Crippen molar-refractivity contribution in [1.29, 1.82) is 0 Å². The van der Waals surface area contributed by atoms with Crippen LogP contribution in [0.3, 0.4) is 0 Å². The Morgan fingerprint density at radius 2 is 1.75 bits per heavy atom. The van der Waals surface area contributed by atoms with E-state index in [1.54, 1.807) is 7.11 Å². The van der Waals surface area contributed by atoms with Crippen LogP contribution in [0.2, 0.25) is 0 Å². The van der Waals surface area contributed by atoms with Crippen molar-refractivity contribution in [2.24, 2.45) is 5.73 Å². The summed E-state index contributed by atoms with van der Waals surface area (Å²) in [6.45, 7) is 1.44. The first-order valence-corrected chi connectivity index (χ1v) is 6.71. The van der Waals surface area contributed by atoms with Gasteiger partial charge in [0.2, 0.25) is 0 Å². The Kier molecular flexibility index (Phi) is 3.44. The van der Waals surface area contributed by atoms with Crippen LogP contribution in [0, 0.1) is 0 Å². The standard InChI is InChI=1S/C17H18N2O/c1-20-17-4-2-3-16-15(17)9-10-19(16)12-14-7-5-13(11-18)6-8-14/h2-10H,11-12,18H2,1H3. The second-order valence-electron chi connectivity index (χ2n) is 4.86. The molecule has 3 nitrogen and oxygen atoms in total. The molecular formula is C17H18N2O. The van der Waals surface area contributed by atoms with Gasteiger partial charge in [0.1, 0.15) is 5.75 Å². The van der Waals surface area contributed by atoms with Gasteiger partial charge in [0.25, 0.3) is 0 Å². The molecule has 0 spiro atoms. The number of rotatable bonds is 4. The number of methoxy groups -OCH3 is 1. The highest BCUT2D eigenvalue weighted by Gasteiger charge is 2.06. The molecule has 0 saturated carbocycles. The van der Waals surface area contributed by atoms with Gasteiger partial charge in [-0.25, -0.2) is 0 Å². The van der Waals surface area contributed by atoms with E-state index in [2.05, 4.69) is 47.2 Å². The molecule has 0 radical (unpaired) electrons. The van der Waals surface area contributed by atoms with E-state index in [0.29, 0.717) is 6.54 Å². The van der Waals surface area contributed by atoms with Crippen LogP contribution >= 0.6 is 0 Å². The summed E-state index contributed by atoms with van der Waals surface area (Å²) in [4.78, 5) is 0. The topological polar surface area (TPSA) is 40.2 Å². The average molecular weight is 266 g/mol. The van der Waals surface area contributed by atoms with E-state index in [9.17, 15) is 0 Å². The molecule has 102 valence electrons. The quantitative estimate of drug-likeness (QED) is 0.788. The normalized spacial score (nSPS) is 10.9. The molecule has 0 atom stereocenters. The van der Waals surface area contributed by atoms with Gasteiger partial charge in [0.05, 0.1) is 12.6 Å². The van der Waals surface area contributed by atoms with Crippen molar-refractivity contribution in [2.45, 2.75) is 13.1 Å². The third kappa shape index (κ3) is 2.28. The number of hydrogen-bond acceptors (Lipinski definition) is 2. The summed E-state index contributed by atoms with van der Waals surface area (Å²) in [7, 11) is 1.71. The van der Waals surface area contributed by atoms with E-state index in [4.69, 9.17) is 10.5 Å². The van der Waals surface area contributed by atoms with Crippen LogP contribution in [0.1, 0.15) is 11.1 Å². The Morgan fingerprint density at radius 3 is 2.45 bits per heavy atom. The average Bonchev–Trinajstić information content (AvgIpc) is 2.91. The molecule has 0 unspecified atom stereocenters. The molecule has 2 aromatic carbocycles. The molecule has 0 aliphatic carbocycles. The van der Waals surface area contributed by atoms with E-state index < -0.39 is 0 Å². The van der Waals surface area contributed by atoms with Gasteiger partial charge in [-0.15, -0.1) is 0 Å². The minimum Gasteiger partial charge on any atom is -0.496 e. The van der Waals surface area contributed by atoms with Gasteiger partial charge < -0.3 is 15.0 Å². The Hall–Kier alpha value is -2.26. The number of aromatic nitrogens is 1. The number of fused-ring (bicyclic) bond motifs is 1. The summed E-state index contributed by atoms with van der Waals surface area (Å²) in [5, 5.41) is 1.15. The largest absolute Gasteiger partial charge is 0.496 e. The summed E-state index contributed by atoms with van der Waals surface area (Å²) in [5.41, 5.74) is 9.24. The molecule has 0 aliphatic heterocycles. The predicted molar refractivity (Wildman–Crippen MR) is 81.9 cm³/mol. The fourth-order valence-corrected chi connectivity index (χ4v) is 2.49. The molecule has 3 aromatic rings. The Balaban J connectivity index is 1.94. The molecule has 0 amide bonds. The minimum absolute atomic E-state index is 0.587. The van der Waals surface area contributed by atoms with Gasteiger partial charge in [-0.1, -0.05) is 30.3 Å². The molecule has 3 rings (SSSR count). The van der Waals surface area contributed by atoms with Crippen molar-refractivity contribution in [3.8, 4) is 5.75 Å². The highest BCUT2D eigenvalue weighted by Crippen LogP contribution is 2.26. The van der Waals surface area contributed by atoms with Crippen LogP contribution in [0.5, 0.6) is 5.75 Å². The van der Waals surface area contributed by atoms with E-state index >= 15 is 0 Å². The first-order valence-electron chi connectivity index (χ1n) is 6.71. The first-order chi connectivity index (χ1) is 9.81. The van der Waals surface area contributed by atoms with Crippen molar-refractivity contribution >= 4 is 10.9 Å². The monoisotopic (exact) mass is 266 g/mol. The molecule has 3 heteroatoms. The van der Waals surface area contributed by atoms with Crippen molar-refractivity contribution in [2.75, 3.05) is 7.11 Å². The zero-order valence-electron chi connectivity index (χ0n) is 11.5. The van der Waals surface area contributed by atoms with E-state index in [1.807, 2.05) is 12.1 Å². The maximum atomic E-state index is 5.62. The van der Waals surface area contributed by atoms with E-state index in [0.717, 1.165) is 23.2 Å². The van der Waals surface area contributed by atoms with Crippen LogP contribution < -0.4 is 10.5 Å². The first kappa shape index (κ1) is 12.8. The molecule has 0 saturated heterocycles. The Bertz CT molecular complexity index is 713. The maximum Gasteiger partial charge on any atom is 0.128 e. The summed E-state index contributed by atoms with van der Waals surface area (Å²) in [6.07, 6.45) is 2.10. The van der Waals surface area contributed by atoms with Crippen LogP contribution in [0.15, 0.2) is 54.7 Å². The summed E-state index contributed by atoms with van der Waals surface area (Å²) < 4.78 is 7.63. The highest BCUT2D eigenvalue weighted by molar-refractivity contribution is 5.86. The Morgan fingerprint density at radius 1 is 1.00 bits per heavy atom. The van der Waals surface area contributed by atoms with E-state index in [1.165, 1.54) is 11.1 Å². The molecule has 0 aliphatic rings. The fraction of sp³-hybridized carbons (Fsp3) is 0.176. The predicted octanol–water partition coefficient (Wildman–Crippen LogP) is 3.16. The van der Waals surface area contributed by atoms with Crippen LogP contribution in [-0.4, -0.2) is 11.7 Å². The minimum atomic E-state index is 0.587. The van der Waals surface area contributed by atoms with Crippen LogP contribution in [0.4, 0.5) is 0 Å². The van der Waals surface area contributed by atoms with Crippen LogP contribution in [0.25, 0.3) is 10.9 Å². The summed E-state index contributed by atoms with van der Waals surface area (Å²) >= 11 is 0. The third-order valence-electron chi connectivity index (χ3n) is 3.61. The van der Waals surface area contributed by atoms with Gasteiger partial charge in [-0.05, 0) is 29.3 Å². The lowest BCUT2D eigenvalue weighted by atomic mass is 10.1. The van der Waals surface area contributed by atoms with Gasteiger partial charge in [-0.2, -0.15) is 0 Å². The van der Waals surface area contributed by atoms with Crippen molar-refractivity contribution in [3.05, 3.63) is 65.9 Å². The second-order valence-corrected chi connectivity index (χ2v) is 4.86. The lowest BCUT2D eigenvalue weighted by Crippen LogP contribution is -2.00. The second kappa shape index (κ2) is 5.39. The van der Waals surface area contributed by atoms with Crippen molar-refractivity contribution in [3.63, 3.8) is 0 Å². The van der Waals surface area contributed by atoms with Gasteiger partial charge in [-0.3, -0.25) is 0 Å². The number of hydrogen-bond donors (Lipinski definition) is 1. The van der Waals surface area contributed by atoms with Crippen LogP contribution in [-0.2, 0) is 13.1 Å². The fourth-order valence-electron chi connectivity index (χ4n) is 2.49. The molecule has 1 heterocycles. The molecule has 20 heavy (non-hydrogen) atoms. The number of nitrogens with two attached hydrogens (primary N) is 1. The van der Waals surface area contributed by atoms with Gasteiger partial charge >= 0.3 is 0 Å². The Labute approximate surface area is 118 Å². The summed E-state index contributed by atoms with van der Waals surface area (Å²) in [5.74, 6) is 0.916. The zero-order valence-corrected chi connectivity index (χ0v) is 11.5. The smallest absolute Gasteiger partial charge is 0.128 e. The SMILES string of the molecule is COc1cccc2c1ccn2Cc1ccc(CN)cc1. The number of nitrogens with zero attached hydrogens (tertiary/aromatic N) is 1. The molecule has 0 fully saturated rings. The van der Waals surface area contributed by atoms with Gasteiger partial charge in [0.15, 0.2) is 0 Å². The molecule has 0 bridgehead atoms. The molecule has 1 aromatic heterocycles. The third-order valence-corrected chi connectivity index (χ3v) is 3.61. The molecule has 2 N–H and O–H groups in total. The highest BCUT2D eigenvalue weighted by atomic mass is 16.5. The van der Waals surface area contributed by atoms with Gasteiger partial charge in [0, 0.05) is 24.7 Å². The number of benzene rings is 2. The lowest BCUT2D eigenvalue weighted by Gasteiger charge is -2.08.